The van der Waals surface area contributed by atoms with E-state index in [1.807, 2.05) is 19.1 Å². The second kappa shape index (κ2) is 5.91. The molecule has 0 bridgehead atoms. The van der Waals surface area contributed by atoms with Crippen LogP contribution >= 0.6 is 0 Å². The monoisotopic (exact) mass is 273 g/mol. The molecule has 1 aromatic rings. The molecule has 0 aromatic carbocycles. The predicted molar refractivity (Wildman–Crippen MR) is 75.4 cm³/mol. The summed E-state index contributed by atoms with van der Waals surface area (Å²) >= 11 is 0. The maximum absolute atomic E-state index is 11.5. The van der Waals surface area contributed by atoms with Gasteiger partial charge in [-0.15, -0.1) is 0 Å². The van der Waals surface area contributed by atoms with E-state index in [-0.39, 0.29) is 0 Å². The molecular formula is C15H19N3O2. The molecule has 1 aromatic heterocycles. The zero-order valence-corrected chi connectivity index (χ0v) is 11.7. The number of carbonyl (C=O) groups is 1. The van der Waals surface area contributed by atoms with E-state index in [9.17, 15) is 9.90 Å². The lowest BCUT2D eigenvalue weighted by molar-refractivity contribution is -0.150. The highest BCUT2D eigenvalue weighted by Gasteiger charge is 2.40. The summed E-state index contributed by atoms with van der Waals surface area (Å²) < 4.78 is 0. The molecule has 0 spiro atoms. The summed E-state index contributed by atoms with van der Waals surface area (Å²) in [6.45, 7) is 3.43. The molecule has 106 valence electrons. The number of nitriles is 1. The number of aliphatic carboxylic acids is 1. The summed E-state index contributed by atoms with van der Waals surface area (Å²) in [4.78, 5) is 17.9. The number of pyridine rings is 1. The van der Waals surface area contributed by atoms with Crippen molar-refractivity contribution in [3.05, 3.63) is 23.9 Å². The van der Waals surface area contributed by atoms with Gasteiger partial charge in [0.2, 0.25) is 0 Å². The molecule has 1 N–H and O–H groups in total. The van der Waals surface area contributed by atoms with E-state index in [2.05, 4.69) is 9.88 Å². The van der Waals surface area contributed by atoms with Gasteiger partial charge in [-0.2, -0.15) is 5.26 Å². The Bertz CT molecular complexity index is 511. The normalized spacial score (nSPS) is 17.5. The molecule has 1 aliphatic heterocycles. The Kier molecular flexibility index (Phi) is 4.23. The van der Waals surface area contributed by atoms with Crippen molar-refractivity contribution in [2.45, 2.75) is 32.6 Å². The molecule has 0 atom stereocenters. The van der Waals surface area contributed by atoms with Crippen molar-refractivity contribution in [1.82, 2.24) is 4.98 Å². The number of aromatic nitrogens is 1. The van der Waals surface area contributed by atoms with Gasteiger partial charge in [-0.3, -0.25) is 4.79 Å². The van der Waals surface area contributed by atoms with Crippen LogP contribution in [0.25, 0.3) is 0 Å². The van der Waals surface area contributed by atoms with Gasteiger partial charge in [0.15, 0.2) is 0 Å². The van der Waals surface area contributed by atoms with Crippen molar-refractivity contribution in [3.63, 3.8) is 0 Å². The smallest absolute Gasteiger partial charge is 0.309 e. The summed E-state index contributed by atoms with van der Waals surface area (Å²) in [7, 11) is 0. The molecule has 1 saturated heterocycles. The molecule has 0 saturated carbocycles. The van der Waals surface area contributed by atoms with Gasteiger partial charge in [-0.05, 0) is 31.4 Å². The molecule has 5 heteroatoms. The Labute approximate surface area is 118 Å². The average Bonchev–Trinajstić information content (AvgIpc) is 2.48. The molecule has 2 heterocycles. The standard InChI is InChI=1S/C15H19N3O2/c1-2-5-15(14(19)20)6-8-18(9-7-15)13-4-3-12(10-16)11-17-13/h3-4,11H,2,5-9H2,1H3,(H,19,20). The molecule has 0 amide bonds. The van der Waals surface area contributed by atoms with Crippen LogP contribution in [0, 0.1) is 16.7 Å². The van der Waals surface area contributed by atoms with Gasteiger partial charge in [-0.25, -0.2) is 4.98 Å². The van der Waals surface area contributed by atoms with Crippen LogP contribution in [0.1, 0.15) is 38.2 Å². The lowest BCUT2D eigenvalue weighted by atomic mass is 9.75. The molecule has 5 nitrogen and oxygen atoms in total. The maximum Gasteiger partial charge on any atom is 0.309 e. The number of hydrogen-bond donors (Lipinski definition) is 1. The van der Waals surface area contributed by atoms with Crippen molar-refractivity contribution < 1.29 is 9.90 Å². The zero-order valence-electron chi connectivity index (χ0n) is 11.7. The lowest BCUT2D eigenvalue weighted by Gasteiger charge is -2.39. The van der Waals surface area contributed by atoms with E-state index in [0.29, 0.717) is 31.5 Å². The molecule has 0 aliphatic carbocycles. The van der Waals surface area contributed by atoms with E-state index in [4.69, 9.17) is 5.26 Å². The van der Waals surface area contributed by atoms with Crippen LogP contribution in [-0.2, 0) is 4.79 Å². The molecule has 20 heavy (non-hydrogen) atoms. The van der Waals surface area contributed by atoms with Gasteiger partial charge in [0.05, 0.1) is 11.0 Å². The number of carboxylic acid groups (broad SMARTS) is 1. The largest absolute Gasteiger partial charge is 0.481 e. The number of carboxylic acids is 1. The number of rotatable bonds is 4. The van der Waals surface area contributed by atoms with Gasteiger partial charge < -0.3 is 10.0 Å². The average molecular weight is 273 g/mol. The number of hydrogen-bond acceptors (Lipinski definition) is 4. The van der Waals surface area contributed by atoms with Crippen molar-refractivity contribution in [1.29, 1.82) is 5.26 Å². The first kappa shape index (κ1) is 14.3. The fourth-order valence-corrected chi connectivity index (χ4v) is 2.85. The third-order valence-electron chi connectivity index (χ3n) is 4.10. The first-order valence-corrected chi connectivity index (χ1v) is 6.96. The van der Waals surface area contributed by atoms with Gasteiger partial charge in [0.1, 0.15) is 11.9 Å². The number of nitrogens with zero attached hydrogens (tertiary/aromatic N) is 3. The minimum absolute atomic E-state index is 0.539. The van der Waals surface area contributed by atoms with Crippen molar-refractivity contribution in [3.8, 4) is 6.07 Å². The number of piperidine rings is 1. The summed E-state index contributed by atoms with van der Waals surface area (Å²) in [5.74, 6) is 0.145. The van der Waals surface area contributed by atoms with Crippen LogP contribution in [0.4, 0.5) is 5.82 Å². The number of anilines is 1. The highest BCUT2D eigenvalue weighted by Crippen LogP contribution is 2.37. The Morgan fingerprint density at radius 3 is 2.65 bits per heavy atom. The minimum atomic E-state index is -0.674. The summed E-state index contributed by atoms with van der Waals surface area (Å²) in [6, 6.07) is 5.61. The van der Waals surface area contributed by atoms with Crippen LogP contribution in [0.15, 0.2) is 18.3 Å². The molecule has 1 aliphatic rings. The van der Waals surface area contributed by atoms with Crippen LogP contribution in [0.3, 0.4) is 0 Å². The van der Waals surface area contributed by atoms with E-state index in [1.54, 1.807) is 12.3 Å². The second-order valence-corrected chi connectivity index (χ2v) is 5.34. The molecular weight excluding hydrogens is 254 g/mol. The van der Waals surface area contributed by atoms with Crippen LogP contribution in [0.2, 0.25) is 0 Å². The quantitative estimate of drug-likeness (QED) is 0.911. The SMILES string of the molecule is CCCC1(C(=O)O)CCN(c2ccc(C#N)cn2)CC1. The second-order valence-electron chi connectivity index (χ2n) is 5.34. The van der Waals surface area contributed by atoms with Crippen LogP contribution < -0.4 is 4.90 Å². The summed E-state index contributed by atoms with van der Waals surface area (Å²) in [5, 5.41) is 18.2. The maximum atomic E-state index is 11.5. The highest BCUT2D eigenvalue weighted by atomic mass is 16.4. The third-order valence-corrected chi connectivity index (χ3v) is 4.10. The van der Waals surface area contributed by atoms with Crippen LogP contribution in [-0.4, -0.2) is 29.1 Å². The van der Waals surface area contributed by atoms with E-state index in [1.165, 1.54) is 0 Å². The molecule has 2 rings (SSSR count). The Balaban J connectivity index is 2.06. The molecule has 0 unspecified atom stereocenters. The predicted octanol–water partition coefficient (Wildman–Crippen LogP) is 2.42. The fraction of sp³-hybridized carbons (Fsp3) is 0.533. The summed E-state index contributed by atoms with van der Waals surface area (Å²) in [6.07, 6.45) is 4.48. The Morgan fingerprint density at radius 2 is 2.20 bits per heavy atom. The van der Waals surface area contributed by atoms with Gasteiger partial charge in [0.25, 0.3) is 0 Å². The molecule has 1 fully saturated rings. The van der Waals surface area contributed by atoms with Crippen LogP contribution in [0.5, 0.6) is 0 Å². The van der Waals surface area contributed by atoms with E-state index < -0.39 is 11.4 Å². The fourth-order valence-electron chi connectivity index (χ4n) is 2.85. The zero-order chi connectivity index (χ0) is 14.6. The Hall–Kier alpha value is -2.09. The van der Waals surface area contributed by atoms with Gasteiger partial charge in [-0.1, -0.05) is 13.3 Å². The first-order valence-electron chi connectivity index (χ1n) is 6.96. The van der Waals surface area contributed by atoms with Gasteiger partial charge >= 0.3 is 5.97 Å². The highest BCUT2D eigenvalue weighted by molar-refractivity contribution is 5.75. The lowest BCUT2D eigenvalue weighted by Crippen LogP contribution is -2.44. The van der Waals surface area contributed by atoms with E-state index >= 15 is 0 Å². The van der Waals surface area contributed by atoms with E-state index in [0.717, 1.165) is 18.7 Å². The Morgan fingerprint density at radius 1 is 1.50 bits per heavy atom. The minimum Gasteiger partial charge on any atom is -0.481 e. The molecule has 0 radical (unpaired) electrons. The van der Waals surface area contributed by atoms with Gasteiger partial charge in [0, 0.05) is 19.3 Å². The third kappa shape index (κ3) is 2.74. The van der Waals surface area contributed by atoms with Crippen molar-refractivity contribution >= 4 is 11.8 Å². The topological polar surface area (TPSA) is 77.2 Å². The van der Waals surface area contributed by atoms with Crippen molar-refractivity contribution in [2.75, 3.05) is 18.0 Å². The summed E-state index contributed by atoms with van der Waals surface area (Å²) in [5.41, 5.74) is -0.0330. The van der Waals surface area contributed by atoms with Crippen molar-refractivity contribution in [2.24, 2.45) is 5.41 Å². The first-order chi connectivity index (χ1) is 9.61.